The van der Waals surface area contributed by atoms with Gasteiger partial charge in [0, 0.05) is 25.2 Å². The maximum absolute atomic E-state index is 12.9. The molecule has 0 bridgehead atoms. The zero-order valence-electron chi connectivity index (χ0n) is 18.4. The molecule has 3 aromatic rings. The van der Waals surface area contributed by atoms with Gasteiger partial charge in [-0.3, -0.25) is 14.5 Å². The molecule has 0 atom stereocenters. The van der Waals surface area contributed by atoms with Crippen molar-refractivity contribution in [3.05, 3.63) is 77.7 Å². The van der Waals surface area contributed by atoms with E-state index in [1.54, 1.807) is 57.9 Å². The van der Waals surface area contributed by atoms with Crippen molar-refractivity contribution in [2.75, 3.05) is 33.1 Å². The van der Waals surface area contributed by atoms with E-state index in [9.17, 15) is 9.59 Å². The second-order valence-corrected chi connectivity index (χ2v) is 7.11. The van der Waals surface area contributed by atoms with Crippen LogP contribution >= 0.6 is 0 Å². The van der Waals surface area contributed by atoms with Crippen LogP contribution in [-0.2, 0) is 17.9 Å². The molecule has 2 N–H and O–H groups in total. The van der Waals surface area contributed by atoms with Gasteiger partial charge in [-0.2, -0.15) is 0 Å². The van der Waals surface area contributed by atoms with Crippen LogP contribution in [-0.4, -0.2) is 44.5 Å². The van der Waals surface area contributed by atoms with Crippen LogP contribution in [0.15, 0.2) is 65.3 Å². The lowest BCUT2D eigenvalue weighted by Gasteiger charge is -2.21. The Hall–Kier alpha value is -3.78. The number of nitrogens with zero attached hydrogens (tertiary/aromatic N) is 1. The van der Waals surface area contributed by atoms with Crippen molar-refractivity contribution in [1.82, 2.24) is 10.2 Å². The molecule has 0 fully saturated rings. The summed E-state index contributed by atoms with van der Waals surface area (Å²) >= 11 is 0. The van der Waals surface area contributed by atoms with Crippen LogP contribution in [0.4, 0.5) is 5.69 Å². The SMILES string of the molecule is CNC(=O)c1ccc(CN(CC(=O)Nc2cc(OC)ccc2OC)Cc2ccco2)cc1. The number of carbonyl (C=O) groups excluding carboxylic acids is 2. The lowest BCUT2D eigenvalue weighted by atomic mass is 10.1. The molecule has 1 aromatic heterocycles. The van der Waals surface area contributed by atoms with Crippen LogP contribution < -0.4 is 20.1 Å². The van der Waals surface area contributed by atoms with E-state index in [1.807, 2.05) is 29.2 Å². The molecular weight excluding hydrogens is 410 g/mol. The number of hydrogen-bond donors (Lipinski definition) is 2. The summed E-state index contributed by atoms with van der Waals surface area (Å²) in [4.78, 5) is 26.6. The van der Waals surface area contributed by atoms with Crippen molar-refractivity contribution in [3.63, 3.8) is 0 Å². The summed E-state index contributed by atoms with van der Waals surface area (Å²) in [6.07, 6.45) is 1.60. The number of anilines is 1. The fourth-order valence-electron chi connectivity index (χ4n) is 3.26. The predicted octanol–water partition coefficient (Wildman–Crippen LogP) is 3.30. The fraction of sp³-hybridized carbons (Fsp3) is 0.250. The van der Waals surface area contributed by atoms with Gasteiger partial charge >= 0.3 is 0 Å². The van der Waals surface area contributed by atoms with E-state index in [-0.39, 0.29) is 18.4 Å². The quantitative estimate of drug-likeness (QED) is 0.506. The normalized spacial score (nSPS) is 10.6. The van der Waals surface area contributed by atoms with Crippen LogP contribution in [0, 0.1) is 0 Å². The molecule has 0 aliphatic rings. The van der Waals surface area contributed by atoms with Gasteiger partial charge in [-0.1, -0.05) is 12.1 Å². The predicted molar refractivity (Wildman–Crippen MR) is 121 cm³/mol. The summed E-state index contributed by atoms with van der Waals surface area (Å²) in [6, 6.07) is 16.2. The van der Waals surface area contributed by atoms with Crippen molar-refractivity contribution in [2.45, 2.75) is 13.1 Å². The minimum absolute atomic E-state index is 0.123. The van der Waals surface area contributed by atoms with Gasteiger partial charge in [-0.05, 0) is 42.0 Å². The lowest BCUT2D eigenvalue weighted by Crippen LogP contribution is -2.32. The first-order valence-electron chi connectivity index (χ1n) is 10.1. The highest BCUT2D eigenvalue weighted by Crippen LogP contribution is 2.28. The number of methoxy groups -OCH3 is 2. The van der Waals surface area contributed by atoms with Crippen molar-refractivity contribution < 1.29 is 23.5 Å². The van der Waals surface area contributed by atoms with Gasteiger partial charge in [-0.25, -0.2) is 0 Å². The minimum atomic E-state index is -0.204. The topological polar surface area (TPSA) is 93.0 Å². The smallest absolute Gasteiger partial charge is 0.251 e. The standard InChI is InChI=1S/C24H27N3O5/c1-25-24(29)18-8-6-17(7-9-18)14-27(15-20-5-4-12-32-20)16-23(28)26-21-13-19(30-2)10-11-22(21)31-3/h4-13H,14-16H2,1-3H3,(H,25,29)(H,26,28). The molecule has 0 unspecified atom stereocenters. The molecule has 1 heterocycles. The van der Waals surface area contributed by atoms with E-state index in [1.165, 1.54) is 0 Å². The van der Waals surface area contributed by atoms with E-state index >= 15 is 0 Å². The molecule has 32 heavy (non-hydrogen) atoms. The molecule has 2 amide bonds. The number of benzene rings is 2. The molecule has 0 saturated heterocycles. The van der Waals surface area contributed by atoms with E-state index in [2.05, 4.69) is 10.6 Å². The molecular formula is C24H27N3O5. The van der Waals surface area contributed by atoms with Gasteiger partial charge in [0.05, 0.1) is 39.3 Å². The number of carbonyl (C=O) groups is 2. The van der Waals surface area contributed by atoms with Crippen LogP contribution in [0.5, 0.6) is 11.5 Å². The minimum Gasteiger partial charge on any atom is -0.497 e. The summed E-state index contributed by atoms with van der Waals surface area (Å²) in [7, 11) is 4.70. The van der Waals surface area contributed by atoms with E-state index in [0.717, 1.165) is 11.3 Å². The molecule has 8 heteroatoms. The summed E-state index contributed by atoms with van der Waals surface area (Å²) in [5, 5.41) is 5.50. The maximum Gasteiger partial charge on any atom is 0.251 e. The Kier molecular flexibility index (Phi) is 7.88. The van der Waals surface area contributed by atoms with Crippen LogP contribution in [0.2, 0.25) is 0 Å². The van der Waals surface area contributed by atoms with Crippen molar-refractivity contribution in [1.29, 1.82) is 0 Å². The molecule has 8 nitrogen and oxygen atoms in total. The number of amides is 2. The van der Waals surface area contributed by atoms with Gasteiger partial charge < -0.3 is 24.5 Å². The Morgan fingerprint density at radius 2 is 1.78 bits per heavy atom. The third kappa shape index (κ3) is 6.12. The number of furan rings is 1. The Morgan fingerprint density at radius 3 is 2.41 bits per heavy atom. The molecule has 168 valence electrons. The highest BCUT2D eigenvalue weighted by Gasteiger charge is 2.16. The highest BCUT2D eigenvalue weighted by molar-refractivity contribution is 5.94. The monoisotopic (exact) mass is 437 g/mol. The Balaban J connectivity index is 1.73. The molecule has 2 aromatic carbocycles. The number of hydrogen-bond acceptors (Lipinski definition) is 6. The first-order valence-corrected chi connectivity index (χ1v) is 10.1. The third-order valence-electron chi connectivity index (χ3n) is 4.86. The largest absolute Gasteiger partial charge is 0.497 e. The zero-order chi connectivity index (χ0) is 22.9. The average molecular weight is 437 g/mol. The third-order valence-corrected chi connectivity index (χ3v) is 4.86. The number of nitrogens with one attached hydrogen (secondary N) is 2. The lowest BCUT2D eigenvalue weighted by molar-refractivity contribution is -0.117. The molecule has 0 aliphatic carbocycles. The summed E-state index contributed by atoms with van der Waals surface area (Å²) in [5.74, 6) is 1.56. The molecule has 0 spiro atoms. The van der Waals surface area contributed by atoms with Gasteiger partial charge in [0.1, 0.15) is 17.3 Å². The molecule has 0 aliphatic heterocycles. The van der Waals surface area contributed by atoms with Gasteiger partial charge in [-0.15, -0.1) is 0 Å². The molecule has 3 rings (SSSR count). The van der Waals surface area contributed by atoms with Gasteiger partial charge in [0.2, 0.25) is 5.91 Å². The number of rotatable bonds is 10. The Morgan fingerprint density at radius 1 is 1.00 bits per heavy atom. The number of ether oxygens (including phenoxy) is 2. The van der Waals surface area contributed by atoms with Crippen molar-refractivity contribution >= 4 is 17.5 Å². The van der Waals surface area contributed by atoms with Crippen LogP contribution in [0.3, 0.4) is 0 Å². The summed E-state index contributed by atoms with van der Waals surface area (Å²) < 4.78 is 16.1. The average Bonchev–Trinajstić information content (AvgIpc) is 3.31. The fourth-order valence-corrected chi connectivity index (χ4v) is 3.26. The van der Waals surface area contributed by atoms with Gasteiger partial charge in [0.25, 0.3) is 5.91 Å². The van der Waals surface area contributed by atoms with Gasteiger partial charge in [0.15, 0.2) is 0 Å². The molecule has 0 saturated carbocycles. The summed E-state index contributed by atoms with van der Waals surface area (Å²) in [6.45, 7) is 1.07. The maximum atomic E-state index is 12.9. The first-order chi connectivity index (χ1) is 15.5. The second kappa shape index (κ2) is 11.0. The Bertz CT molecular complexity index is 1030. The van der Waals surface area contributed by atoms with E-state index in [4.69, 9.17) is 13.9 Å². The highest BCUT2D eigenvalue weighted by atomic mass is 16.5. The van der Waals surface area contributed by atoms with Crippen LogP contribution in [0.25, 0.3) is 0 Å². The van der Waals surface area contributed by atoms with Crippen LogP contribution in [0.1, 0.15) is 21.7 Å². The van der Waals surface area contributed by atoms with E-state index < -0.39 is 0 Å². The summed E-state index contributed by atoms with van der Waals surface area (Å²) in [5.41, 5.74) is 2.08. The van der Waals surface area contributed by atoms with E-state index in [0.29, 0.717) is 35.8 Å². The Labute approximate surface area is 187 Å². The molecule has 0 radical (unpaired) electrons. The van der Waals surface area contributed by atoms with Crippen molar-refractivity contribution in [3.8, 4) is 11.5 Å². The zero-order valence-corrected chi connectivity index (χ0v) is 18.4. The second-order valence-electron chi connectivity index (χ2n) is 7.11. The first kappa shape index (κ1) is 22.9. The van der Waals surface area contributed by atoms with Crippen molar-refractivity contribution in [2.24, 2.45) is 0 Å².